The molecule has 186 valence electrons. The lowest BCUT2D eigenvalue weighted by Gasteiger charge is -2.27. The van der Waals surface area contributed by atoms with Gasteiger partial charge in [0.05, 0.1) is 11.8 Å². The van der Waals surface area contributed by atoms with Crippen LogP contribution in [0.5, 0.6) is 0 Å². The van der Waals surface area contributed by atoms with Crippen LogP contribution >= 0.6 is 0 Å². The van der Waals surface area contributed by atoms with Crippen LogP contribution in [0.15, 0.2) is 42.5 Å². The maximum absolute atomic E-state index is 14.9. The fourth-order valence-corrected chi connectivity index (χ4v) is 4.53. The number of halogens is 1. The summed E-state index contributed by atoms with van der Waals surface area (Å²) in [4.78, 5) is 41.3. The minimum atomic E-state index is -0.820. The van der Waals surface area contributed by atoms with Gasteiger partial charge < -0.3 is 25.2 Å². The number of amides is 4. The fourth-order valence-electron chi connectivity index (χ4n) is 4.53. The first-order chi connectivity index (χ1) is 16.9. The molecule has 0 radical (unpaired) electrons. The molecule has 0 spiro atoms. The molecular formula is C26H31FN4O4. The van der Waals surface area contributed by atoms with Crippen molar-refractivity contribution in [3.05, 3.63) is 53.8 Å². The fraction of sp³-hybridized carbons (Fsp3) is 0.423. The number of urea groups is 1. The van der Waals surface area contributed by atoms with Crippen molar-refractivity contribution in [2.45, 2.75) is 51.7 Å². The molecule has 0 aliphatic carbocycles. The van der Waals surface area contributed by atoms with E-state index in [-0.39, 0.29) is 24.2 Å². The van der Waals surface area contributed by atoms with Gasteiger partial charge >= 0.3 is 6.03 Å². The van der Waals surface area contributed by atoms with E-state index >= 15 is 0 Å². The molecule has 9 heteroatoms. The molecule has 4 rings (SSSR count). The lowest BCUT2D eigenvalue weighted by Crippen LogP contribution is -2.45. The van der Waals surface area contributed by atoms with Crippen LogP contribution in [0, 0.1) is 12.7 Å². The summed E-state index contributed by atoms with van der Waals surface area (Å²) >= 11 is 0. The molecule has 0 saturated carbocycles. The molecule has 35 heavy (non-hydrogen) atoms. The number of likely N-dealkylation sites (tertiary alicyclic amines) is 1. The highest BCUT2D eigenvalue weighted by Crippen LogP contribution is 2.27. The molecule has 0 aromatic heterocycles. The molecular weight excluding hydrogens is 451 g/mol. The van der Waals surface area contributed by atoms with E-state index in [1.165, 1.54) is 17.0 Å². The average Bonchev–Trinajstić information content (AvgIpc) is 3.27. The van der Waals surface area contributed by atoms with Gasteiger partial charge in [0, 0.05) is 43.9 Å². The Kier molecular flexibility index (Phi) is 7.65. The van der Waals surface area contributed by atoms with Gasteiger partial charge in [0.1, 0.15) is 11.9 Å². The van der Waals surface area contributed by atoms with E-state index in [9.17, 15) is 18.8 Å². The molecule has 2 saturated heterocycles. The van der Waals surface area contributed by atoms with E-state index in [4.69, 9.17) is 4.74 Å². The summed E-state index contributed by atoms with van der Waals surface area (Å²) in [5, 5.41) is 5.44. The van der Waals surface area contributed by atoms with Gasteiger partial charge in [0.25, 0.3) is 0 Å². The van der Waals surface area contributed by atoms with Crippen molar-refractivity contribution in [1.29, 1.82) is 0 Å². The first-order valence-electron chi connectivity index (χ1n) is 12.0. The van der Waals surface area contributed by atoms with Crippen LogP contribution in [0.3, 0.4) is 0 Å². The van der Waals surface area contributed by atoms with Gasteiger partial charge in [-0.3, -0.25) is 9.59 Å². The summed E-state index contributed by atoms with van der Waals surface area (Å²) < 4.78 is 20.6. The maximum atomic E-state index is 14.9. The molecule has 2 aromatic carbocycles. The van der Waals surface area contributed by atoms with Crippen LogP contribution in [-0.4, -0.2) is 54.6 Å². The number of nitrogens with one attached hydrogen (secondary N) is 2. The van der Waals surface area contributed by atoms with E-state index in [2.05, 4.69) is 10.6 Å². The third kappa shape index (κ3) is 5.79. The second-order valence-corrected chi connectivity index (χ2v) is 8.93. The lowest BCUT2D eigenvalue weighted by molar-refractivity contribution is -0.120. The monoisotopic (exact) mass is 482 g/mol. The van der Waals surface area contributed by atoms with Crippen molar-refractivity contribution in [1.82, 2.24) is 4.90 Å². The van der Waals surface area contributed by atoms with Gasteiger partial charge in [-0.2, -0.15) is 0 Å². The number of ether oxygens (including phenoxy) is 1. The highest BCUT2D eigenvalue weighted by molar-refractivity contribution is 6.00. The largest absolute Gasteiger partial charge is 0.377 e. The van der Waals surface area contributed by atoms with Crippen molar-refractivity contribution in [3.8, 4) is 0 Å². The Morgan fingerprint density at radius 3 is 2.57 bits per heavy atom. The molecule has 2 aliphatic heterocycles. The smallest absolute Gasteiger partial charge is 0.322 e. The summed E-state index contributed by atoms with van der Waals surface area (Å²) in [5.74, 6) is -1.16. The second-order valence-electron chi connectivity index (χ2n) is 8.93. The van der Waals surface area contributed by atoms with Crippen LogP contribution < -0.4 is 15.5 Å². The van der Waals surface area contributed by atoms with E-state index in [1.807, 2.05) is 26.0 Å². The first-order valence-corrected chi connectivity index (χ1v) is 12.0. The number of piperidine rings is 1. The van der Waals surface area contributed by atoms with E-state index in [0.29, 0.717) is 37.4 Å². The quantitative estimate of drug-likeness (QED) is 0.642. The number of hydrogen-bond donors (Lipinski definition) is 2. The van der Waals surface area contributed by atoms with Gasteiger partial charge in [0.2, 0.25) is 11.8 Å². The zero-order valence-corrected chi connectivity index (χ0v) is 20.1. The molecule has 2 fully saturated rings. The van der Waals surface area contributed by atoms with E-state index < -0.39 is 23.8 Å². The number of rotatable bonds is 6. The standard InChI is InChI=1S/C26H31FN4O4/c1-3-35-20-15-23(31(16-20)26(34)28-18-9-7-17(2)8-10-18)25(33)29-22-12-11-19(14-21(22)27)30-13-5-4-6-24(30)32/h7-12,14,20,23H,3-6,13,15-16H2,1-2H3,(H,28,34)(H,29,33)/t20-,23-/m1/s1. The number of anilines is 3. The molecule has 2 N–H and O–H groups in total. The first kappa shape index (κ1) is 24.7. The summed E-state index contributed by atoms with van der Waals surface area (Å²) in [7, 11) is 0. The van der Waals surface area contributed by atoms with E-state index in [0.717, 1.165) is 18.4 Å². The molecule has 0 unspecified atom stereocenters. The Hall–Kier alpha value is -3.46. The Morgan fingerprint density at radius 1 is 1.11 bits per heavy atom. The summed E-state index contributed by atoms with van der Waals surface area (Å²) in [6.45, 7) is 5.07. The van der Waals surface area contributed by atoms with Crippen molar-refractivity contribution < 1.29 is 23.5 Å². The van der Waals surface area contributed by atoms with Crippen LogP contribution in [0.4, 0.5) is 26.2 Å². The highest BCUT2D eigenvalue weighted by atomic mass is 19.1. The number of benzene rings is 2. The van der Waals surface area contributed by atoms with Gasteiger partial charge in [-0.15, -0.1) is 0 Å². The molecule has 0 bridgehead atoms. The van der Waals surface area contributed by atoms with Crippen molar-refractivity contribution in [3.63, 3.8) is 0 Å². The average molecular weight is 483 g/mol. The van der Waals surface area contributed by atoms with E-state index in [1.54, 1.807) is 23.1 Å². The number of aryl methyl sites for hydroxylation is 1. The zero-order valence-electron chi connectivity index (χ0n) is 20.1. The Labute approximate surface area is 204 Å². The Bertz CT molecular complexity index is 1090. The number of carbonyl (C=O) groups excluding carboxylic acids is 3. The molecule has 4 amide bonds. The summed E-state index contributed by atoms with van der Waals surface area (Å²) in [6.07, 6.45) is 2.17. The van der Waals surface area contributed by atoms with Crippen molar-refractivity contribution >= 4 is 34.9 Å². The van der Waals surface area contributed by atoms with Crippen LogP contribution in [-0.2, 0) is 14.3 Å². The third-order valence-corrected chi connectivity index (χ3v) is 6.38. The number of nitrogens with zero attached hydrogens (tertiary/aromatic N) is 2. The van der Waals surface area contributed by atoms with Crippen molar-refractivity contribution in [2.24, 2.45) is 0 Å². The normalized spacial score (nSPS) is 20.1. The summed E-state index contributed by atoms with van der Waals surface area (Å²) in [5.41, 5.74) is 2.16. The molecule has 2 heterocycles. The minimum absolute atomic E-state index is 0.00182. The summed E-state index contributed by atoms with van der Waals surface area (Å²) in [6, 6.07) is 10.5. The Balaban J connectivity index is 1.47. The number of carbonyl (C=O) groups is 3. The predicted molar refractivity (Wildman–Crippen MR) is 132 cm³/mol. The topological polar surface area (TPSA) is 91.0 Å². The molecule has 2 atom stereocenters. The predicted octanol–water partition coefficient (Wildman–Crippen LogP) is 4.30. The molecule has 2 aromatic rings. The van der Waals surface area contributed by atoms with Gasteiger partial charge in [0.15, 0.2) is 0 Å². The third-order valence-electron chi connectivity index (χ3n) is 6.38. The van der Waals surface area contributed by atoms with Crippen LogP contribution in [0.25, 0.3) is 0 Å². The minimum Gasteiger partial charge on any atom is -0.377 e. The SMILES string of the molecule is CCO[C@@H]1C[C@H](C(=O)Nc2ccc(N3CCCCC3=O)cc2F)N(C(=O)Nc2ccc(C)cc2)C1. The van der Waals surface area contributed by atoms with Gasteiger partial charge in [-0.05, 0) is 57.0 Å². The second kappa shape index (κ2) is 10.9. The molecule has 2 aliphatic rings. The number of hydrogen-bond acceptors (Lipinski definition) is 4. The lowest BCUT2D eigenvalue weighted by atomic mass is 10.1. The highest BCUT2D eigenvalue weighted by Gasteiger charge is 2.40. The van der Waals surface area contributed by atoms with Crippen LogP contribution in [0.1, 0.15) is 38.2 Å². The van der Waals surface area contributed by atoms with Crippen LogP contribution in [0.2, 0.25) is 0 Å². The van der Waals surface area contributed by atoms with Crippen molar-refractivity contribution in [2.75, 3.05) is 35.2 Å². The Morgan fingerprint density at radius 2 is 1.89 bits per heavy atom. The molecule has 8 nitrogen and oxygen atoms in total. The van der Waals surface area contributed by atoms with Gasteiger partial charge in [-0.25, -0.2) is 9.18 Å². The maximum Gasteiger partial charge on any atom is 0.322 e. The zero-order chi connectivity index (χ0) is 24.9. The van der Waals surface area contributed by atoms with Gasteiger partial charge in [-0.1, -0.05) is 17.7 Å².